The van der Waals surface area contributed by atoms with Crippen LogP contribution in [-0.4, -0.2) is 54.4 Å². The molecule has 2 fully saturated rings. The molecule has 5 heteroatoms. The predicted octanol–water partition coefficient (Wildman–Crippen LogP) is 6.95. The van der Waals surface area contributed by atoms with Crippen molar-refractivity contribution >= 4 is 5.97 Å². The van der Waals surface area contributed by atoms with E-state index in [9.17, 15) is 4.79 Å². The molecule has 0 aromatic heterocycles. The van der Waals surface area contributed by atoms with Gasteiger partial charge in [-0.25, -0.2) is 0 Å². The van der Waals surface area contributed by atoms with Gasteiger partial charge in [0.15, 0.2) is 0 Å². The summed E-state index contributed by atoms with van der Waals surface area (Å²) in [7, 11) is 0. The number of ether oxygens (including phenoxy) is 3. The lowest BCUT2D eigenvalue weighted by Gasteiger charge is -2.36. The summed E-state index contributed by atoms with van der Waals surface area (Å²) in [6, 6.07) is 19.6. The quantitative estimate of drug-likeness (QED) is 0.237. The van der Waals surface area contributed by atoms with Crippen molar-refractivity contribution in [1.29, 1.82) is 0 Å². The van der Waals surface area contributed by atoms with Gasteiger partial charge < -0.3 is 14.2 Å². The average Bonchev–Trinajstić information content (AvgIpc) is 3.32. The zero-order valence-corrected chi connectivity index (χ0v) is 23.4. The summed E-state index contributed by atoms with van der Waals surface area (Å²) in [4.78, 5) is 14.6. The van der Waals surface area contributed by atoms with E-state index >= 15 is 0 Å². The highest BCUT2D eigenvalue weighted by atomic mass is 16.6. The number of allylic oxidation sites excluding steroid dienone is 1. The summed E-state index contributed by atoms with van der Waals surface area (Å²) in [5.74, 6) is -0.158. The molecule has 0 unspecified atom stereocenters. The normalized spacial score (nSPS) is 22.7. The fourth-order valence-electron chi connectivity index (χ4n) is 5.52. The Hall–Kier alpha value is -2.47. The van der Waals surface area contributed by atoms with Crippen LogP contribution in [0.25, 0.3) is 11.1 Å². The van der Waals surface area contributed by atoms with Crippen LogP contribution >= 0.6 is 0 Å². The Morgan fingerprint density at radius 2 is 1.61 bits per heavy atom. The maximum Gasteiger partial charge on any atom is 0.306 e. The molecule has 1 heterocycles. The van der Waals surface area contributed by atoms with Crippen LogP contribution in [0.5, 0.6) is 0 Å². The second-order valence-corrected chi connectivity index (χ2v) is 11.5. The number of hydrogen-bond acceptors (Lipinski definition) is 5. The van der Waals surface area contributed by atoms with Gasteiger partial charge in [0.1, 0.15) is 5.60 Å². The van der Waals surface area contributed by atoms with Crippen molar-refractivity contribution in [2.24, 2.45) is 0 Å². The van der Waals surface area contributed by atoms with Crippen molar-refractivity contribution in [3.8, 4) is 11.1 Å². The minimum Gasteiger partial charge on any atom is -0.460 e. The highest BCUT2D eigenvalue weighted by Crippen LogP contribution is 2.32. The Morgan fingerprint density at radius 1 is 0.895 bits per heavy atom. The number of rotatable bonds is 11. The largest absolute Gasteiger partial charge is 0.460 e. The molecule has 206 valence electrons. The van der Waals surface area contributed by atoms with Gasteiger partial charge in [-0.3, -0.25) is 9.69 Å². The van der Waals surface area contributed by atoms with Gasteiger partial charge in [-0.1, -0.05) is 73.2 Å². The van der Waals surface area contributed by atoms with Crippen molar-refractivity contribution < 1.29 is 19.0 Å². The van der Waals surface area contributed by atoms with Crippen molar-refractivity contribution in [2.75, 3.05) is 19.7 Å². The minimum absolute atomic E-state index is 0.0622. The first-order valence-corrected chi connectivity index (χ1v) is 14.4. The first-order chi connectivity index (χ1) is 18.4. The summed E-state index contributed by atoms with van der Waals surface area (Å²) in [6.45, 7) is 9.13. The van der Waals surface area contributed by atoms with E-state index in [1.807, 2.05) is 39.0 Å². The van der Waals surface area contributed by atoms with Gasteiger partial charge in [0, 0.05) is 12.5 Å². The first-order valence-electron chi connectivity index (χ1n) is 14.4. The Kier molecular flexibility index (Phi) is 10.6. The standard InChI is InChI=1S/C33H45NO4/c1-33(2,3)38-31(35)15-9-5-12-24-36-32-29(34-22-10-6-11-23-34)20-21-30(32)37-25-26-16-18-28(19-17-26)27-13-7-4-8-14-27/h4-5,7-8,12-14,16-19,29-30,32H,6,9-11,15,20-25H2,1-3H3/b12-5-/t29-,30-,32-/m1/s1. The zero-order valence-electron chi connectivity index (χ0n) is 23.4. The number of nitrogens with zero attached hydrogens (tertiary/aromatic N) is 1. The second-order valence-electron chi connectivity index (χ2n) is 11.5. The third-order valence-electron chi connectivity index (χ3n) is 7.36. The van der Waals surface area contributed by atoms with Crippen LogP contribution in [0.1, 0.15) is 71.3 Å². The molecule has 2 aromatic rings. The Morgan fingerprint density at radius 3 is 2.32 bits per heavy atom. The lowest BCUT2D eigenvalue weighted by atomic mass is 10.0. The third kappa shape index (κ3) is 8.79. The number of carbonyl (C=O) groups excluding carboxylic acids is 1. The van der Waals surface area contributed by atoms with Crippen molar-refractivity contribution in [3.05, 3.63) is 72.3 Å². The zero-order chi connectivity index (χ0) is 26.8. The van der Waals surface area contributed by atoms with Gasteiger partial charge in [-0.2, -0.15) is 0 Å². The van der Waals surface area contributed by atoms with Gasteiger partial charge in [-0.05, 0) is 82.7 Å². The monoisotopic (exact) mass is 519 g/mol. The molecule has 0 amide bonds. The number of piperidine rings is 1. The lowest BCUT2D eigenvalue weighted by Crippen LogP contribution is -2.47. The van der Waals surface area contributed by atoms with Gasteiger partial charge in [0.05, 0.1) is 25.4 Å². The van der Waals surface area contributed by atoms with E-state index in [0.717, 1.165) is 25.9 Å². The molecule has 38 heavy (non-hydrogen) atoms. The van der Waals surface area contributed by atoms with Crippen LogP contribution < -0.4 is 0 Å². The van der Waals surface area contributed by atoms with Crippen molar-refractivity contribution in [3.63, 3.8) is 0 Å². The molecule has 3 atom stereocenters. The molecule has 1 saturated carbocycles. The fourth-order valence-corrected chi connectivity index (χ4v) is 5.52. The van der Waals surface area contributed by atoms with E-state index < -0.39 is 5.60 Å². The lowest BCUT2D eigenvalue weighted by molar-refractivity contribution is -0.154. The van der Waals surface area contributed by atoms with E-state index in [1.54, 1.807) is 0 Å². The minimum atomic E-state index is -0.436. The van der Waals surface area contributed by atoms with Crippen molar-refractivity contribution in [2.45, 2.75) is 96.2 Å². The molecular formula is C33H45NO4. The van der Waals surface area contributed by atoms with Crippen LogP contribution in [0.2, 0.25) is 0 Å². The summed E-state index contributed by atoms with van der Waals surface area (Å²) >= 11 is 0. The third-order valence-corrected chi connectivity index (χ3v) is 7.36. The Labute approximate surface area is 229 Å². The molecule has 0 radical (unpaired) electrons. The average molecular weight is 520 g/mol. The summed E-state index contributed by atoms with van der Waals surface area (Å²) in [5, 5.41) is 0. The second kappa shape index (κ2) is 14.1. The summed E-state index contributed by atoms with van der Waals surface area (Å²) in [5.41, 5.74) is 3.20. The predicted molar refractivity (Wildman–Crippen MR) is 153 cm³/mol. The van der Waals surface area contributed by atoms with Gasteiger partial charge in [0.2, 0.25) is 0 Å². The highest BCUT2D eigenvalue weighted by Gasteiger charge is 2.41. The number of carbonyl (C=O) groups is 1. The molecule has 0 bridgehead atoms. The molecule has 5 nitrogen and oxygen atoms in total. The molecule has 0 spiro atoms. The van der Waals surface area contributed by atoms with E-state index in [2.05, 4.69) is 53.4 Å². The molecule has 1 aliphatic heterocycles. The Balaban J connectivity index is 1.29. The number of likely N-dealkylation sites (tertiary alicyclic amines) is 1. The SMILES string of the molecule is CC(C)(C)OC(=O)CC/C=C\CO[C@@H]1[C@H](N2CCCCC2)CC[C@H]1OCc1ccc(-c2ccccc2)cc1. The highest BCUT2D eigenvalue weighted by molar-refractivity contribution is 5.70. The van der Waals surface area contributed by atoms with Crippen LogP contribution in [0, 0.1) is 0 Å². The molecule has 1 aliphatic carbocycles. The smallest absolute Gasteiger partial charge is 0.306 e. The molecular weight excluding hydrogens is 474 g/mol. The van der Waals surface area contributed by atoms with Gasteiger partial charge in [0.25, 0.3) is 0 Å². The number of hydrogen-bond donors (Lipinski definition) is 0. The van der Waals surface area contributed by atoms with E-state index in [0.29, 0.717) is 32.1 Å². The first kappa shape index (κ1) is 28.5. The summed E-state index contributed by atoms with van der Waals surface area (Å²) in [6.07, 6.45) is 11.3. The van der Waals surface area contributed by atoms with Crippen molar-refractivity contribution in [1.82, 2.24) is 4.90 Å². The number of benzene rings is 2. The van der Waals surface area contributed by atoms with Crippen LogP contribution in [0.3, 0.4) is 0 Å². The van der Waals surface area contributed by atoms with E-state index in [1.165, 1.54) is 36.0 Å². The van der Waals surface area contributed by atoms with E-state index in [4.69, 9.17) is 14.2 Å². The van der Waals surface area contributed by atoms with Crippen LogP contribution in [0.15, 0.2) is 66.7 Å². The number of esters is 1. The molecule has 0 N–H and O–H groups in total. The molecule has 1 saturated heterocycles. The maximum atomic E-state index is 11.9. The Bertz CT molecular complexity index is 1010. The van der Waals surface area contributed by atoms with E-state index in [-0.39, 0.29) is 18.2 Å². The maximum absolute atomic E-state index is 11.9. The molecule has 2 aliphatic rings. The molecule has 4 rings (SSSR count). The molecule has 2 aromatic carbocycles. The fraction of sp³-hybridized carbons (Fsp3) is 0.545. The van der Waals surface area contributed by atoms with Gasteiger partial charge in [-0.15, -0.1) is 0 Å². The topological polar surface area (TPSA) is 48.0 Å². The van der Waals surface area contributed by atoms with Crippen LogP contribution in [-0.2, 0) is 25.6 Å². The van der Waals surface area contributed by atoms with Gasteiger partial charge >= 0.3 is 5.97 Å². The summed E-state index contributed by atoms with van der Waals surface area (Å²) < 4.78 is 18.3. The van der Waals surface area contributed by atoms with Crippen LogP contribution in [0.4, 0.5) is 0 Å².